The Kier molecular flexibility index (Phi) is 3.63. The summed E-state index contributed by atoms with van der Waals surface area (Å²) >= 11 is 1.59. The number of aromatic nitrogens is 4. The number of benzene rings is 1. The van der Waals surface area contributed by atoms with Gasteiger partial charge in [0, 0.05) is 12.3 Å². The smallest absolute Gasteiger partial charge is 0.209 e. The van der Waals surface area contributed by atoms with E-state index in [4.69, 9.17) is 0 Å². The Bertz CT molecular complexity index is 555. The number of nitrogens with one attached hydrogen (secondary N) is 1. The quantitative estimate of drug-likeness (QED) is 0.650. The lowest BCUT2D eigenvalue weighted by Gasteiger charge is -2.06. The van der Waals surface area contributed by atoms with Gasteiger partial charge in [-0.2, -0.15) is 0 Å². The van der Waals surface area contributed by atoms with Crippen LogP contribution in [0.2, 0.25) is 0 Å². The zero-order chi connectivity index (χ0) is 13.1. The summed E-state index contributed by atoms with van der Waals surface area (Å²) in [5.74, 6) is 0.567. The number of tetrazole rings is 1. The maximum absolute atomic E-state index is 13.4. The molecule has 0 radical (unpaired) electrons. The molecule has 2 aromatic rings. The summed E-state index contributed by atoms with van der Waals surface area (Å²) in [5, 5.41) is 15.6. The van der Waals surface area contributed by atoms with Crippen molar-refractivity contribution in [2.45, 2.75) is 24.0 Å². The molecule has 1 saturated carbocycles. The zero-order valence-electron chi connectivity index (χ0n) is 10.3. The van der Waals surface area contributed by atoms with Crippen LogP contribution in [0.5, 0.6) is 0 Å². The van der Waals surface area contributed by atoms with E-state index in [0.29, 0.717) is 18.3 Å². The molecule has 0 saturated heterocycles. The van der Waals surface area contributed by atoms with Gasteiger partial charge < -0.3 is 5.32 Å². The number of para-hydroxylation sites is 1. The van der Waals surface area contributed by atoms with Crippen molar-refractivity contribution in [2.75, 3.05) is 17.6 Å². The summed E-state index contributed by atoms with van der Waals surface area (Å²) in [6.45, 7) is 0.670. The van der Waals surface area contributed by atoms with Crippen LogP contribution in [0.4, 0.5) is 10.1 Å². The second-order valence-corrected chi connectivity index (χ2v) is 5.45. The van der Waals surface area contributed by atoms with Gasteiger partial charge in [-0.1, -0.05) is 23.9 Å². The Balaban J connectivity index is 1.48. The highest BCUT2D eigenvalue weighted by atomic mass is 32.2. The molecule has 1 fully saturated rings. The Labute approximate surface area is 114 Å². The maximum Gasteiger partial charge on any atom is 0.209 e. The van der Waals surface area contributed by atoms with Crippen molar-refractivity contribution in [1.29, 1.82) is 0 Å². The predicted octanol–water partition coefficient (Wildman–Crippen LogP) is 2.35. The monoisotopic (exact) mass is 279 g/mol. The number of rotatable bonds is 6. The molecule has 7 heteroatoms. The molecule has 1 aromatic heterocycles. The summed E-state index contributed by atoms with van der Waals surface area (Å²) in [7, 11) is 0. The van der Waals surface area contributed by atoms with E-state index in [0.717, 1.165) is 23.8 Å². The van der Waals surface area contributed by atoms with Gasteiger partial charge in [0.15, 0.2) is 0 Å². The lowest BCUT2D eigenvalue weighted by atomic mass is 10.3. The third-order valence-electron chi connectivity index (χ3n) is 2.88. The van der Waals surface area contributed by atoms with E-state index in [9.17, 15) is 4.39 Å². The molecule has 0 unspecified atom stereocenters. The van der Waals surface area contributed by atoms with Crippen molar-refractivity contribution in [1.82, 2.24) is 20.2 Å². The molecule has 0 atom stereocenters. The fourth-order valence-corrected chi connectivity index (χ4v) is 2.56. The minimum absolute atomic E-state index is 0.227. The Morgan fingerprint density at radius 3 is 3.00 bits per heavy atom. The number of hydrogen-bond acceptors (Lipinski definition) is 5. The lowest BCUT2D eigenvalue weighted by Crippen LogP contribution is -2.07. The zero-order valence-corrected chi connectivity index (χ0v) is 11.1. The minimum Gasteiger partial charge on any atom is -0.382 e. The van der Waals surface area contributed by atoms with E-state index in [1.807, 2.05) is 10.7 Å². The van der Waals surface area contributed by atoms with Crippen molar-refractivity contribution in [3.05, 3.63) is 30.1 Å². The molecule has 3 rings (SSSR count). The van der Waals surface area contributed by atoms with Crippen LogP contribution in [0.15, 0.2) is 29.4 Å². The molecular formula is C12H14FN5S. The van der Waals surface area contributed by atoms with Gasteiger partial charge in [0.2, 0.25) is 5.16 Å². The van der Waals surface area contributed by atoms with Crippen LogP contribution in [0.1, 0.15) is 18.9 Å². The van der Waals surface area contributed by atoms with E-state index in [-0.39, 0.29) is 5.82 Å². The SMILES string of the molecule is Fc1ccccc1NCCSc1nnnn1C1CC1. The second kappa shape index (κ2) is 5.56. The lowest BCUT2D eigenvalue weighted by molar-refractivity contribution is 0.565. The molecule has 19 heavy (non-hydrogen) atoms. The van der Waals surface area contributed by atoms with Crippen molar-refractivity contribution < 1.29 is 4.39 Å². The molecule has 1 aromatic carbocycles. The molecule has 0 amide bonds. The summed E-state index contributed by atoms with van der Waals surface area (Å²) in [6, 6.07) is 7.15. The predicted molar refractivity (Wildman–Crippen MR) is 71.7 cm³/mol. The van der Waals surface area contributed by atoms with E-state index in [1.54, 1.807) is 23.9 Å². The topological polar surface area (TPSA) is 55.6 Å². The van der Waals surface area contributed by atoms with Gasteiger partial charge in [-0.15, -0.1) is 5.10 Å². The molecule has 1 N–H and O–H groups in total. The molecule has 1 aliphatic carbocycles. The molecule has 1 heterocycles. The van der Waals surface area contributed by atoms with E-state index in [2.05, 4.69) is 20.8 Å². The van der Waals surface area contributed by atoms with Crippen LogP contribution >= 0.6 is 11.8 Å². The molecular weight excluding hydrogens is 265 g/mol. The van der Waals surface area contributed by atoms with Gasteiger partial charge in [-0.3, -0.25) is 0 Å². The second-order valence-electron chi connectivity index (χ2n) is 4.39. The van der Waals surface area contributed by atoms with Crippen molar-refractivity contribution in [2.24, 2.45) is 0 Å². The third kappa shape index (κ3) is 3.04. The fraction of sp³-hybridized carbons (Fsp3) is 0.417. The van der Waals surface area contributed by atoms with Gasteiger partial charge in [-0.25, -0.2) is 9.07 Å². The largest absolute Gasteiger partial charge is 0.382 e. The van der Waals surface area contributed by atoms with E-state index < -0.39 is 0 Å². The summed E-state index contributed by atoms with van der Waals surface area (Å²) in [5.41, 5.74) is 0.532. The highest BCUT2D eigenvalue weighted by molar-refractivity contribution is 7.99. The normalized spacial score (nSPS) is 14.6. The highest BCUT2D eigenvalue weighted by Gasteiger charge is 2.27. The summed E-state index contributed by atoms with van der Waals surface area (Å²) in [6.07, 6.45) is 2.32. The van der Waals surface area contributed by atoms with Gasteiger partial charge in [0.05, 0.1) is 11.7 Å². The Hall–Kier alpha value is -1.63. The van der Waals surface area contributed by atoms with Crippen LogP contribution in [0.3, 0.4) is 0 Å². The number of nitrogens with zero attached hydrogens (tertiary/aromatic N) is 4. The molecule has 100 valence electrons. The minimum atomic E-state index is -0.227. The number of hydrogen-bond donors (Lipinski definition) is 1. The summed E-state index contributed by atoms with van der Waals surface area (Å²) < 4.78 is 15.2. The third-order valence-corrected chi connectivity index (χ3v) is 3.81. The van der Waals surface area contributed by atoms with Gasteiger partial charge >= 0.3 is 0 Å². The average Bonchev–Trinajstić information content (AvgIpc) is 3.16. The number of thioether (sulfide) groups is 1. The molecule has 0 bridgehead atoms. The first-order valence-corrected chi connectivity index (χ1v) is 7.22. The maximum atomic E-state index is 13.4. The van der Waals surface area contributed by atoms with Crippen LogP contribution in [0, 0.1) is 5.82 Å². The average molecular weight is 279 g/mol. The standard InChI is InChI=1S/C12H14FN5S/c13-10-3-1-2-4-11(10)14-7-8-19-12-15-16-17-18(12)9-5-6-9/h1-4,9,14H,5-8H2. The molecule has 5 nitrogen and oxygen atoms in total. The van der Waals surface area contributed by atoms with Crippen LogP contribution in [-0.4, -0.2) is 32.5 Å². The van der Waals surface area contributed by atoms with Crippen LogP contribution in [-0.2, 0) is 0 Å². The van der Waals surface area contributed by atoms with Crippen LogP contribution < -0.4 is 5.32 Å². The molecule has 0 aliphatic heterocycles. The van der Waals surface area contributed by atoms with Gasteiger partial charge in [0.25, 0.3) is 0 Å². The Morgan fingerprint density at radius 1 is 1.37 bits per heavy atom. The molecule has 1 aliphatic rings. The highest BCUT2D eigenvalue weighted by Crippen LogP contribution is 2.36. The van der Waals surface area contributed by atoms with Crippen molar-refractivity contribution in [3.8, 4) is 0 Å². The van der Waals surface area contributed by atoms with Crippen molar-refractivity contribution in [3.63, 3.8) is 0 Å². The first kappa shape index (κ1) is 12.4. The number of anilines is 1. The van der Waals surface area contributed by atoms with E-state index >= 15 is 0 Å². The first-order chi connectivity index (χ1) is 9.34. The van der Waals surface area contributed by atoms with Gasteiger partial charge in [-0.05, 0) is 35.4 Å². The van der Waals surface area contributed by atoms with E-state index in [1.165, 1.54) is 6.07 Å². The fourth-order valence-electron chi connectivity index (χ4n) is 1.76. The van der Waals surface area contributed by atoms with Gasteiger partial charge in [0.1, 0.15) is 5.82 Å². The summed E-state index contributed by atoms with van der Waals surface area (Å²) in [4.78, 5) is 0. The van der Waals surface area contributed by atoms with Crippen LogP contribution in [0.25, 0.3) is 0 Å². The van der Waals surface area contributed by atoms with Crippen molar-refractivity contribution >= 4 is 17.4 Å². The first-order valence-electron chi connectivity index (χ1n) is 6.23. The Morgan fingerprint density at radius 2 is 2.21 bits per heavy atom. The number of halogens is 1. The molecule has 0 spiro atoms.